The van der Waals surface area contributed by atoms with Gasteiger partial charge in [0.05, 0.1) is 7.11 Å². The van der Waals surface area contributed by atoms with Gasteiger partial charge in [0.25, 0.3) is 5.91 Å². The Morgan fingerprint density at radius 1 is 1.46 bits per heavy atom. The van der Waals surface area contributed by atoms with Gasteiger partial charge >= 0.3 is 0 Å². The summed E-state index contributed by atoms with van der Waals surface area (Å²) < 4.78 is 0. The molecule has 0 aliphatic rings. The Hall–Kier alpha value is -0.246. The van der Waals surface area contributed by atoms with Crippen LogP contribution in [-0.4, -0.2) is 25.1 Å². The fourth-order valence-electron chi connectivity index (χ4n) is 0.794. The third-order valence-corrected chi connectivity index (χ3v) is 1.53. The molecule has 1 aromatic rings. The number of carbonyl (C=O) groups excluding carboxylic acids is 1. The largest absolute Gasteiger partial charge is 0.274 e. The van der Waals surface area contributed by atoms with Crippen molar-refractivity contribution >= 4 is 5.91 Å². The van der Waals surface area contributed by atoms with Gasteiger partial charge in [-0.15, -0.1) is 0 Å². The first-order valence-electron chi connectivity index (χ1n) is 3.54. The summed E-state index contributed by atoms with van der Waals surface area (Å²) in [5, 5.41) is 1.18. The average molecular weight is 253 g/mol. The van der Waals surface area contributed by atoms with E-state index in [0.29, 0.717) is 5.56 Å². The molecule has 0 aliphatic heterocycles. The van der Waals surface area contributed by atoms with Gasteiger partial charge in [-0.1, -0.05) is 5.56 Å². The van der Waals surface area contributed by atoms with Crippen LogP contribution in [0.15, 0.2) is 24.3 Å². The van der Waals surface area contributed by atoms with Crippen molar-refractivity contribution in [1.29, 1.82) is 0 Å². The van der Waals surface area contributed by atoms with E-state index in [1.165, 1.54) is 12.2 Å². The van der Waals surface area contributed by atoms with E-state index in [-0.39, 0.29) is 38.6 Å². The molecule has 0 aliphatic carbocycles. The molecule has 0 aromatic heterocycles. The molecule has 0 fully saturated rings. The minimum absolute atomic E-state index is 0. The number of hydrogen-bond donors (Lipinski definition) is 0. The van der Waals surface area contributed by atoms with Gasteiger partial charge in [-0.3, -0.25) is 9.63 Å². The Labute approximate surface area is 103 Å². The van der Waals surface area contributed by atoms with Gasteiger partial charge in [-0.25, -0.2) is 5.06 Å². The summed E-state index contributed by atoms with van der Waals surface area (Å²) >= 11 is 0. The van der Waals surface area contributed by atoms with E-state index in [2.05, 4.69) is 6.07 Å². The molecule has 0 N–H and O–H groups in total. The Morgan fingerprint density at radius 3 is 2.46 bits per heavy atom. The summed E-state index contributed by atoms with van der Waals surface area (Å²) in [6.45, 7) is 0. The molecule has 0 bridgehead atoms. The van der Waals surface area contributed by atoms with Crippen LogP contribution < -0.4 is 0 Å². The van der Waals surface area contributed by atoms with Crippen molar-refractivity contribution < 1.29 is 42.3 Å². The molecule has 0 atom stereocenters. The second kappa shape index (κ2) is 6.24. The zero-order chi connectivity index (χ0) is 8.97. The van der Waals surface area contributed by atoms with Crippen LogP contribution in [0, 0.1) is 6.07 Å². The van der Waals surface area contributed by atoms with Gasteiger partial charge in [0.15, 0.2) is 0 Å². The van der Waals surface area contributed by atoms with E-state index in [1.807, 2.05) is 0 Å². The fourth-order valence-corrected chi connectivity index (χ4v) is 0.794. The van der Waals surface area contributed by atoms with Crippen molar-refractivity contribution in [2.24, 2.45) is 0 Å². The summed E-state index contributed by atoms with van der Waals surface area (Å²) in [7, 11) is 3.02. The van der Waals surface area contributed by atoms with Crippen molar-refractivity contribution in [1.82, 2.24) is 5.06 Å². The van der Waals surface area contributed by atoms with E-state index in [1.54, 1.807) is 31.3 Å². The third kappa shape index (κ3) is 3.55. The molecule has 0 heterocycles. The topological polar surface area (TPSA) is 29.5 Å². The second-order valence-corrected chi connectivity index (χ2v) is 2.27. The standard InChI is InChI=1S/C9H10NO2.Y/c1-10(12-2)9(11)8-6-4-3-5-7-8;/h4-7H,1-2H3;/q-1;. The van der Waals surface area contributed by atoms with E-state index in [0.717, 1.165) is 0 Å². The Kier molecular flexibility index (Phi) is 6.13. The normalized spacial score (nSPS) is 8.77. The number of rotatable bonds is 2. The quantitative estimate of drug-likeness (QED) is 0.583. The van der Waals surface area contributed by atoms with Crippen molar-refractivity contribution in [3.63, 3.8) is 0 Å². The van der Waals surface area contributed by atoms with Crippen LogP contribution in [0.1, 0.15) is 10.4 Å². The molecule has 0 saturated carbocycles. The molecular weight excluding hydrogens is 243 g/mol. The number of carbonyl (C=O) groups is 1. The molecule has 1 radical (unpaired) electrons. The predicted molar refractivity (Wildman–Crippen MR) is 44.4 cm³/mol. The van der Waals surface area contributed by atoms with Gasteiger partial charge in [0, 0.05) is 39.8 Å². The van der Waals surface area contributed by atoms with Crippen LogP contribution in [0.4, 0.5) is 0 Å². The first-order chi connectivity index (χ1) is 5.75. The molecule has 0 saturated heterocycles. The molecule has 67 valence electrons. The van der Waals surface area contributed by atoms with Crippen LogP contribution in [-0.2, 0) is 37.5 Å². The first kappa shape index (κ1) is 12.8. The molecule has 0 unspecified atom stereocenters. The van der Waals surface area contributed by atoms with Gasteiger partial charge in [-0.05, 0) is 0 Å². The zero-order valence-electron chi connectivity index (χ0n) is 7.65. The molecule has 1 rings (SSSR count). The molecular formula is C9H10NO2Y-. The first-order valence-corrected chi connectivity index (χ1v) is 3.54. The van der Waals surface area contributed by atoms with E-state index < -0.39 is 0 Å². The van der Waals surface area contributed by atoms with Crippen molar-refractivity contribution in [3.05, 3.63) is 35.9 Å². The molecule has 4 heteroatoms. The number of amides is 1. The monoisotopic (exact) mass is 253 g/mol. The van der Waals surface area contributed by atoms with Crippen LogP contribution in [0.2, 0.25) is 0 Å². The van der Waals surface area contributed by atoms with Crippen LogP contribution in [0.5, 0.6) is 0 Å². The minimum atomic E-state index is -0.161. The maximum absolute atomic E-state index is 11.4. The van der Waals surface area contributed by atoms with Crippen LogP contribution >= 0.6 is 0 Å². The summed E-state index contributed by atoms with van der Waals surface area (Å²) in [5.74, 6) is -0.161. The summed E-state index contributed by atoms with van der Waals surface area (Å²) in [4.78, 5) is 16.1. The molecule has 1 aromatic carbocycles. The van der Waals surface area contributed by atoms with Gasteiger partial charge in [-0.2, -0.15) is 30.3 Å². The smallest absolute Gasteiger partial charge is 0.252 e. The van der Waals surface area contributed by atoms with Crippen molar-refractivity contribution in [3.8, 4) is 0 Å². The number of benzene rings is 1. The molecule has 13 heavy (non-hydrogen) atoms. The van der Waals surface area contributed by atoms with Gasteiger partial charge in [0.2, 0.25) is 0 Å². The van der Waals surface area contributed by atoms with Crippen molar-refractivity contribution in [2.75, 3.05) is 14.2 Å². The van der Waals surface area contributed by atoms with Gasteiger partial charge in [0.1, 0.15) is 0 Å². The predicted octanol–water partition coefficient (Wildman–Crippen LogP) is 1.12. The maximum Gasteiger partial charge on any atom is 0.252 e. The van der Waals surface area contributed by atoms with Gasteiger partial charge < -0.3 is 0 Å². The average Bonchev–Trinajstić information content (AvgIpc) is 2.17. The fraction of sp³-hybridized carbons (Fsp3) is 0.222. The maximum atomic E-state index is 11.4. The third-order valence-electron chi connectivity index (χ3n) is 1.53. The van der Waals surface area contributed by atoms with E-state index in [9.17, 15) is 4.79 Å². The Bertz CT molecular complexity index is 264. The Morgan fingerprint density at radius 2 is 2.00 bits per heavy atom. The molecule has 0 spiro atoms. The number of nitrogens with zero attached hydrogens (tertiary/aromatic N) is 1. The Balaban J connectivity index is 0.00000144. The minimum Gasteiger partial charge on any atom is -0.274 e. The van der Waals surface area contributed by atoms with E-state index >= 15 is 0 Å². The van der Waals surface area contributed by atoms with Crippen LogP contribution in [0.25, 0.3) is 0 Å². The summed E-state index contributed by atoms with van der Waals surface area (Å²) in [6.07, 6.45) is 0. The zero-order valence-corrected chi connectivity index (χ0v) is 10.5. The SMILES string of the molecule is CON(C)C(=O)c1cc[c-]cc1.[Y]. The summed E-state index contributed by atoms with van der Waals surface area (Å²) in [6, 6.07) is 9.60. The van der Waals surface area contributed by atoms with Crippen molar-refractivity contribution in [2.45, 2.75) is 0 Å². The number of hydroxylamine groups is 2. The summed E-state index contributed by atoms with van der Waals surface area (Å²) in [5.41, 5.74) is 0.595. The number of hydrogen-bond acceptors (Lipinski definition) is 2. The second-order valence-electron chi connectivity index (χ2n) is 2.27. The molecule has 3 nitrogen and oxygen atoms in total. The van der Waals surface area contributed by atoms with E-state index in [4.69, 9.17) is 4.84 Å². The molecule has 1 amide bonds. The van der Waals surface area contributed by atoms with Crippen LogP contribution in [0.3, 0.4) is 0 Å².